The number of nitrogens with zero attached hydrogens (tertiary/aromatic N) is 5. The summed E-state index contributed by atoms with van der Waals surface area (Å²) in [5.74, 6) is -0.900. The lowest BCUT2D eigenvalue weighted by atomic mass is 9.90. The molecule has 3 aromatic heterocycles. The molecule has 0 radical (unpaired) electrons. The van der Waals surface area contributed by atoms with E-state index in [1.165, 1.54) is 14.7 Å². The molecule has 1 aliphatic carbocycles. The summed E-state index contributed by atoms with van der Waals surface area (Å²) in [6.07, 6.45) is 3.17. The number of fused-ring (bicyclic) bond motifs is 1. The van der Waals surface area contributed by atoms with E-state index in [9.17, 15) is 18.8 Å². The summed E-state index contributed by atoms with van der Waals surface area (Å²) >= 11 is 0. The molecule has 50 heavy (non-hydrogen) atoms. The smallest absolute Gasteiger partial charge is 0.337 e. The van der Waals surface area contributed by atoms with Crippen molar-refractivity contribution in [3.05, 3.63) is 123 Å². The van der Waals surface area contributed by atoms with Crippen LogP contribution in [0.25, 0.3) is 27.8 Å². The fourth-order valence-corrected chi connectivity index (χ4v) is 7.60. The van der Waals surface area contributed by atoms with E-state index in [-0.39, 0.29) is 23.0 Å². The number of aryl methyl sites for hydroxylation is 1. The SMILES string of the molecule is Cc1cccc(C(=O)N[C@H]2CC[C@@H](n3c(=O)c4cc(F)cnc4n(-c4cccc(-c5ccc(CN6C[C@@H](C)N[C@@H](C)C6)cc5)c4)c3=O)CC2)n1. The highest BCUT2D eigenvalue weighted by Crippen LogP contribution is 2.29. The second-order valence-corrected chi connectivity index (χ2v) is 13.9. The number of amides is 1. The summed E-state index contributed by atoms with van der Waals surface area (Å²) < 4.78 is 17.2. The Kier molecular flexibility index (Phi) is 9.44. The number of piperazine rings is 1. The third-order valence-corrected chi connectivity index (χ3v) is 9.84. The van der Waals surface area contributed by atoms with Crippen molar-refractivity contribution in [2.24, 2.45) is 0 Å². The van der Waals surface area contributed by atoms with E-state index in [2.05, 4.69) is 63.6 Å². The summed E-state index contributed by atoms with van der Waals surface area (Å²) in [5.41, 5.74) is 3.78. The van der Waals surface area contributed by atoms with Gasteiger partial charge in [0.15, 0.2) is 5.65 Å². The topological polar surface area (TPSA) is 114 Å². The zero-order valence-electron chi connectivity index (χ0n) is 28.6. The Bertz CT molecular complexity index is 2140. The zero-order chi connectivity index (χ0) is 34.9. The molecule has 1 saturated heterocycles. The fraction of sp³-hybridized carbons (Fsp3) is 0.359. The number of hydrogen-bond donors (Lipinski definition) is 2. The number of benzene rings is 2. The van der Waals surface area contributed by atoms with Crippen LogP contribution in [0, 0.1) is 12.7 Å². The van der Waals surface area contributed by atoms with Crippen LogP contribution in [-0.4, -0.2) is 61.1 Å². The Morgan fingerprint density at radius 3 is 2.36 bits per heavy atom. The molecule has 2 aliphatic rings. The second kappa shape index (κ2) is 14.1. The summed E-state index contributed by atoms with van der Waals surface area (Å²) in [7, 11) is 0. The summed E-state index contributed by atoms with van der Waals surface area (Å²) in [6, 6.07) is 22.8. The molecule has 5 aromatic rings. The van der Waals surface area contributed by atoms with Crippen molar-refractivity contribution in [2.45, 2.75) is 77.2 Å². The van der Waals surface area contributed by atoms with E-state index in [1.807, 2.05) is 31.2 Å². The Hall–Kier alpha value is -5.00. The molecule has 2 fully saturated rings. The summed E-state index contributed by atoms with van der Waals surface area (Å²) in [5, 5.41) is 6.67. The van der Waals surface area contributed by atoms with Gasteiger partial charge < -0.3 is 10.6 Å². The molecule has 2 atom stereocenters. The maximum Gasteiger partial charge on any atom is 0.337 e. The number of carbonyl (C=O) groups excluding carboxylic acids is 1. The van der Waals surface area contributed by atoms with E-state index in [4.69, 9.17) is 0 Å². The number of halogens is 1. The molecule has 7 rings (SSSR count). The molecule has 0 bridgehead atoms. The molecule has 0 unspecified atom stereocenters. The lowest BCUT2D eigenvalue weighted by Gasteiger charge is -2.36. The first-order valence-electron chi connectivity index (χ1n) is 17.4. The average Bonchev–Trinajstić information content (AvgIpc) is 3.09. The molecular formula is C39H42FN7O3. The first-order valence-corrected chi connectivity index (χ1v) is 17.4. The van der Waals surface area contributed by atoms with Gasteiger partial charge in [0.1, 0.15) is 11.5 Å². The van der Waals surface area contributed by atoms with Gasteiger partial charge >= 0.3 is 5.69 Å². The summed E-state index contributed by atoms with van der Waals surface area (Å²) in [6.45, 7) is 9.13. The van der Waals surface area contributed by atoms with E-state index in [1.54, 1.807) is 18.2 Å². The highest BCUT2D eigenvalue weighted by molar-refractivity contribution is 5.92. The van der Waals surface area contributed by atoms with Gasteiger partial charge in [-0.25, -0.2) is 23.7 Å². The maximum atomic E-state index is 14.5. The summed E-state index contributed by atoms with van der Waals surface area (Å²) in [4.78, 5) is 52.0. The van der Waals surface area contributed by atoms with Gasteiger partial charge in [0, 0.05) is 49.5 Å². The van der Waals surface area contributed by atoms with Gasteiger partial charge in [0.25, 0.3) is 11.5 Å². The Labute approximate surface area is 290 Å². The fourth-order valence-electron chi connectivity index (χ4n) is 7.60. The van der Waals surface area contributed by atoms with E-state index in [0.29, 0.717) is 49.1 Å². The second-order valence-electron chi connectivity index (χ2n) is 13.9. The van der Waals surface area contributed by atoms with Crippen LogP contribution >= 0.6 is 0 Å². The zero-order valence-corrected chi connectivity index (χ0v) is 28.6. The third kappa shape index (κ3) is 7.01. The quantitative estimate of drug-likeness (QED) is 0.245. The van der Waals surface area contributed by atoms with Crippen molar-refractivity contribution in [3.63, 3.8) is 0 Å². The monoisotopic (exact) mass is 675 g/mol. The van der Waals surface area contributed by atoms with Crippen molar-refractivity contribution < 1.29 is 9.18 Å². The standard InChI is InChI=1S/C39H42FN7O3/c1-24-6-4-9-35(43-24)37(48)44-31-14-16-32(17-15-31)47-38(49)34-19-30(40)20-41-36(34)46(39(47)50)33-8-5-7-29(18-33)28-12-10-27(11-13-28)23-45-21-25(2)42-26(3)22-45/h4-13,18-20,25-26,31-32,42H,14-17,21-23H2,1-3H3,(H,44,48)/t25-,26+,31-,32+. The highest BCUT2D eigenvalue weighted by atomic mass is 19.1. The van der Waals surface area contributed by atoms with Gasteiger partial charge in [0.05, 0.1) is 17.3 Å². The minimum atomic E-state index is -0.652. The van der Waals surface area contributed by atoms with Gasteiger partial charge in [-0.15, -0.1) is 0 Å². The molecule has 1 aliphatic heterocycles. The maximum absolute atomic E-state index is 14.5. The van der Waals surface area contributed by atoms with Gasteiger partial charge in [0.2, 0.25) is 0 Å². The minimum Gasteiger partial charge on any atom is -0.348 e. The third-order valence-electron chi connectivity index (χ3n) is 9.84. The van der Waals surface area contributed by atoms with Crippen LogP contribution in [-0.2, 0) is 6.54 Å². The molecule has 1 amide bonds. The number of nitrogens with one attached hydrogen (secondary N) is 2. The molecule has 2 N–H and O–H groups in total. The molecule has 0 spiro atoms. The van der Waals surface area contributed by atoms with E-state index in [0.717, 1.165) is 48.7 Å². The minimum absolute atomic E-state index is 0.0388. The molecule has 10 nitrogen and oxygen atoms in total. The van der Waals surface area contributed by atoms with Crippen LogP contribution in [0.2, 0.25) is 0 Å². The Morgan fingerprint density at radius 2 is 1.64 bits per heavy atom. The number of rotatable bonds is 7. The van der Waals surface area contributed by atoms with Gasteiger partial charge in [-0.1, -0.05) is 42.5 Å². The van der Waals surface area contributed by atoms with Crippen LogP contribution in [0.5, 0.6) is 0 Å². The van der Waals surface area contributed by atoms with Crippen LogP contribution in [0.4, 0.5) is 4.39 Å². The molecule has 2 aromatic carbocycles. The normalized spacial score (nSPS) is 21.3. The van der Waals surface area contributed by atoms with Crippen molar-refractivity contribution in [1.29, 1.82) is 0 Å². The van der Waals surface area contributed by atoms with Crippen molar-refractivity contribution in [2.75, 3.05) is 13.1 Å². The van der Waals surface area contributed by atoms with Crippen LogP contribution in [0.1, 0.15) is 67.3 Å². The largest absolute Gasteiger partial charge is 0.348 e. The molecule has 11 heteroatoms. The predicted octanol–water partition coefficient (Wildman–Crippen LogP) is 5.15. The van der Waals surface area contributed by atoms with E-state index < -0.39 is 23.1 Å². The number of pyridine rings is 2. The van der Waals surface area contributed by atoms with Crippen LogP contribution in [0.15, 0.2) is 88.6 Å². The van der Waals surface area contributed by atoms with Gasteiger partial charge in [-0.3, -0.25) is 19.1 Å². The first-order chi connectivity index (χ1) is 24.1. The van der Waals surface area contributed by atoms with Crippen molar-refractivity contribution in [3.8, 4) is 16.8 Å². The molecule has 258 valence electrons. The Balaban J connectivity index is 1.16. The average molecular weight is 676 g/mol. The molecule has 1 saturated carbocycles. The number of hydrogen-bond acceptors (Lipinski definition) is 7. The Morgan fingerprint density at radius 1 is 0.920 bits per heavy atom. The van der Waals surface area contributed by atoms with E-state index >= 15 is 0 Å². The molecule has 4 heterocycles. The lowest BCUT2D eigenvalue weighted by molar-refractivity contribution is 0.0916. The number of carbonyl (C=O) groups is 1. The van der Waals surface area contributed by atoms with Crippen molar-refractivity contribution in [1.82, 2.24) is 34.6 Å². The highest BCUT2D eigenvalue weighted by Gasteiger charge is 2.28. The lowest BCUT2D eigenvalue weighted by Crippen LogP contribution is -2.53. The predicted molar refractivity (Wildman–Crippen MR) is 192 cm³/mol. The van der Waals surface area contributed by atoms with Gasteiger partial charge in [-0.05, 0) is 93.5 Å². The van der Waals surface area contributed by atoms with Crippen LogP contribution in [0.3, 0.4) is 0 Å². The van der Waals surface area contributed by atoms with Crippen LogP contribution < -0.4 is 21.9 Å². The number of aromatic nitrogens is 4. The first kappa shape index (κ1) is 33.5. The van der Waals surface area contributed by atoms with Gasteiger partial charge in [-0.2, -0.15) is 0 Å². The van der Waals surface area contributed by atoms with Crippen molar-refractivity contribution >= 4 is 16.9 Å². The molecular weight excluding hydrogens is 633 g/mol.